The van der Waals surface area contributed by atoms with Crippen molar-refractivity contribution < 1.29 is 8.78 Å². The van der Waals surface area contributed by atoms with E-state index >= 15 is 0 Å². The average molecular weight is 243 g/mol. The Morgan fingerprint density at radius 1 is 1.41 bits per heavy atom. The van der Waals surface area contributed by atoms with E-state index in [4.69, 9.17) is 11.1 Å². The maximum Gasteiger partial charge on any atom is 0.255 e. The van der Waals surface area contributed by atoms with E-state index in [1.807, 2.05) is 0 Å². The van der Waals surface area contributed by atoms with E-state index in [0.717, 1.165) is 0 Å². The van der Waals surface area contributed by atoms with Crippen LogP contribution < -0.4 is 10.6 Å². The first-order valence-corrected chi connectivity index (χ1v) is 5.02. The first kappa shape index (κ1) is 13.3. The molecular formula is C10H15F2N5. The van der Waals surface area contributed by atoms with Crippen LogP contribution in [-0.4, -0.2) is 36.1 Å². The Morgan fingerprint density at radius 3 is 2.47 bits per heavy atom. The number of halogens is 2. The van der Waals surface area contributed by atoms with Crippen LogP contribution in [0.1, 0.15) is 16.8 Å². The maximum absolute atomic E-state index is 12.3. The number of aryl methyl sites for hydroxylation is 1. The number of hydrogen-bond donors (Lipinski definition) is 2. The van der Waals surface area contributed by atoms with Crippen LogP contribution in [0.25, 0.3) is 0 Å². The van der Waals surface area contributed by atoms with Gasteiger partial charge in [0.05, 0.1) is 17.8 Å². The second-order valence-electron chi connectivity index (χ2n) is 3.79. The lowest BCUT2D eigenvalue weighted by molar-refractivity contribution is 0.156. The first-order valence-electron chi connectivity index (χ1n) is 5.02. The van der Waals surface area contributed by atoms with Crippen molar-refractivity contribution in [2.75, 3.05) is 18.5 Å². The van der Waals surface area contributed by atoms with Gasteiger partial charge >= 0.3 is 0 Å². The number of anilines is 1. The summed E-state index contributed by atoms with van der Waals surface area (Å²) < 4.78 is 24.6. The van der Waals surface area contributed by atoms with Crippen molar-refractivity contribution in [1.82, 2.24) is 10.2 Å². The fourth-order valence-corrected chi connectivity index (χ4v) is 1.48. The van der Waals surface area contributed by atoms with E-state index in [9.17, 15) is 8.78 Å². The van der Waals surface area contributed by atoms with Crippen molar-refractivity contribution in [2.24, 2.45) is 5.73 Å². The van der Waals surface area contributed by atoms with Gasteiger partial charge in [0.1, 0.15) is 5.84 Å². The minimum Gasteiger partial charge on any atom is -0.384 e. The smallest absolute Gasteiger partial charge is 0.255 e. The summed E-state index contributed by atoms with van der Waals surface area (Å²) in [4.78, 5) is 1.25. The highest BCUT2D eigenvalue weighted by Gasteiger charge is 2.19. The SMILES string of the molecule is Cc1nnc(N(C)CC(F)F)c(C(=N)N)c1C. The number of nitrogens with zero attached hydrogens (tertiary/aromatic N) is 3. The third-order valence-electron chi connectivity index (χ3n) is 2.48. The fraction of sp³-hybridized carbons (Fsp3) is 0.500. The summed E-state index contributed by atoms with van der Waals surface area (Å²) in [5.41, 5.74) is 7.13. The quantitative estimate of drug-likeness (QED) is 0.612. The van der Waals surface area contributed by atoms with Gasteiger partial charge in [0.15, 0.2) is 5.82 Å². The molecule has 1 heterocycles. The molecule has 0 atom stereocenters. The molecule has 0 fully saturated rings. The van der Waals surface area contributed by atoms with Gasteiger partial charge in [-0.2, -0.15) is 5.10 Å². The molecule has 0 saturated heterocycles. The molecular weight excluding hydrogens is 228 g/mol. The molecule has 0 amide bonds. The van der Waals surface area contributed by atoms with E-state index in [1.54, 1.807) is 13.8 Å². The Bertz CT molecular complexity index is 433. The summed E-state index contributed by atoms with van der Waals surface area (Å²) in [6.07, 6.45) is -2.48. The molecule has 0 saturated carbocycles. The highest BCUT2D eigenvalue weighted by atomic mass is 19.3. The van der Waals surface area contributed by atoms with Crippen molar-refractivity contribution in [3.63, 3.8) is 0 Å². The Balaban J connectivity index is 3.24. The molecule has 3 N–H and O–H groups in total. The number of amidine groups is 1. The molecule has 1 rings (SSSR count). The molecule has 94 valence electrons. The van der Waals surface area contributed by atoms with Crippen LogP contribution in [0.3, 0.4) is 0 Å². The van der Waals surface area contributed by atoms with Gasteiger partial charge in [0.2, 0.25) is 0 Å². The lowest BCUT2D eigenvalue weighted by atomic mass is 10.1. The zero-order chi connectivity index (χ0) is 13.2. The van der Waals surface area contributed by atoms with E-state index < -0.39 is 13.0 Å². The molecule has 0 aliphatic carbocycles. The van der Waals surface area contributed by atoms with Crippen LogP contribution >= 0.6 is 0 Å². The summed E-state index contributed by atoms with van der Waals surface area (Å²) in [6.45, 7) is 2.99. The highest BCUT2D eigenvalue weighted by molar-refractivity contribution is 6.01. The summed E-state index contributed by atoms with van der Waals surface area (Å²) in [5, 5.41) is 15.2. The molecule has 0 aliphatic heterocycles. The second-order valence-corrected chi connectivity index (χ2v) is 3.79. The first-order chi connectivity index (χ1) is 7.84. The van der Waals surface area contributed by atoms with Gasteiger partial charge in [-0.1, -0.05) is 0 Å². The number of hydrogen-bond acceptors (Lipinski definition) is 4. The van der Waals surface area contributed by atoms with Crippen LogP contribution in [0.4, 0.5) is 14.6 Å². The second kappa shape index (κ2) is 5.03. The molecule has 0 aliphatic rings. The molecule has 1 aromatic rings. The zero-order valence-corrected chi connectivity index (χ0v) is 9.96. The molecule has 0 aromatic carbocycles. The number of alkyl halides is 2. The van der Waals surface area contributed by atoms with Crippen LogP contribution in [0, 0.1) is 19.3 Å². The lowest BCUT2D eigenvalue weighted by Crippen LogP contribution is -2.29. The topological polar surface area (TPSA) is 78.9 Å². The minimum atomic E-state index is -2.48. The summed E-state index contributed by atoms with van der Waals surface area (Å²) >= 11 is 0. The van der Waals surface area contributed by atoms with E-state index in [2.05, 4.69) is 10.2 Å². The molecule has 1 aromatic heterocycles. The Kier molecular flexibility index (Phi) is 3.93. The summed E-state index contributed by atoms with van der Waals surface area (Å²) in [6, 6.07) is 0. The van der Waals surface area contributed by atoms with E-state index in [0.29, 0.717) is 16.8 Å². The largest absolute Gasteiger partial charge is 0.384 e. The molecule has 17 heavy (non-hydrogen) atoms. The van der Waals surface area contributed by atoms with Crippen molar-refractivity contribution in [1.29, 1.82) is 5.41 Å². The van der Waals surface area contributed by atoms with Crippen LogP contribution in [0.5, 0.6) is 0 Å². The van der Waals surface area contributed by atoms with Gasteiger partial charge in [0.25, 0.3) is 6.43 Å². The Morgan fingerprint density at radius 2 is 2.00 bits per heavy atom. The molecule has 0 unspecified atom stereocenters. The van der Waals surface area contributed by atoms with Crippen LogP contribution in [-0.2, 0) is 0 Å². The lowest BCUT2D eigenvalue weighted by Gasteiger charge is -2.21. The van der Waals surface area contributed by atoms with Gasteiger partial charge in [-0.05, 0) is 19.4 Å². The Hall–Kier alpha value is -1.79. The van der Waals surface area contributed by atoms with Gasteiger partial charge < -0.3 is 10.6 Å². The number of nitrogens with two attached hydrogens (primary N) is 1. The van der Waals surface area contributed by atoms with E-state index in [1.165, 1.54) is 11.9 Å². The fourth-order valence-electron chi connectivity index (χ4n) is 1.48. The predicted molar refractivity (Wildman–Crippen MR) is 61.8 cm³/mol. The number of nitrogens with one attached hydrogen (secondary N) is 1. The van der Waals surface area contributed by atoms with Gasteiger partial charge in [0, 0.05) is 7.05 Å². The normalized spacial score (nSPS) is 10.7. The highest BCUT2D eigenvalue weighted by Crippen LogP contribution is 2.21. The number of nitrogen functional groups attached to an aromatic ring is 1. The van der Waals surface area contributed by atoms with E-state index in [-0.39, 0.29) is 11.7 Å². The zero-order valence-electron chi connectivity index (χ0n) is 9.96. The van der Waals surface area contributed by atoms with Crippen molar-refractivity contribution in [2.45, 2.75) is 20.3 Å². The van der Waals surface area contributed by atoms with Gasteiger partial charge in [-0.3, -0.25) is 5.41 Å². The Labute approximate surface area is 98.1 Å². The van der Waals surface area contributed by atoms with Crippen LogP contribution in [0.2, 0.25) is 0 Å². The third kappa shape index (κ3) is 2.86. The number of rotatable bonds is 4. The van der Waals surface area contributed by atoms with Crippen molar-refractivity contribution in [3.8, 4) is 0 Å². The van der Waals surface area contributed by atoms with Crippen molar-refractivity contribution >= 4 is 11.7 Å². The van der Waals surface area contributed by atoms with Crippen molar-refractivity contribution in [3.05, 3.63) is 16.8 Å². The van der Waals surface area contributed by atoms with Crippen LogP contribution in [0.15, 0.2) is 0 Å². The molecule has 0 radical (unpaired) electrons. The minimum absolute atomic E-state index is 0.198. The summed E-state index contributed by atoms with van der Waals surface area (Å²) in [5.74, 6) is 0.0116. The summed E-state index contributed by atoms with van der Waals surface area (Å²) in [7, 11) is 1.47. The predicted octanol–water partition coefficient (Wildman–Crippen LogP) is 1.08. The number of aromatic nitrogens is 2. The standard InChI is InChI=1S/C10H15F2N5/c1-5-6(2)15-16-10(8(5)9(13)14)17(3)4-7(11)12/h7H,4H2,1-3H3,(H3,13,14). The monoisotopic (exact) mass is 243 g/mol. The molecule has 7 heteroatoms. The van der Waals surface area contributed by atoms with Gasteiger partial charge in [-0.15, -0.1) is 5.10 Å². The molecule has 0 spiro atoms. The average Bonchev–Trinajstić information content (AvgIpc) is 2.19. The molecule has 5 nitrogen and oxygen atoms in total. The maximum atomic E-state index is 12.3. The molecule has 0 bridgehead atoms. The van der Waals surface area contributed by atoms with Gasteiger partial charge in [-0.25, -0.2) is 8.78 Å². The third-order valence-corrected chi connectivity index (χ3v) is 2.48.